The van der Waals surface area contributed by atoms with Crippen LogP contribution in [0.5, 0.6) is 0 Å². The lowest BCUT2D eigenvalue weighted by atomic mass is 9.78. The Labute approximate surface area is 137 Å². The monoisotopic (exact) mass is 319 g/mol. The van der Waals surface area contributed by atoms with Crippen molar-refractivity contribution >= 4 is 11.9 Å². The second-order valence-electron chi connectivity index (χ2n) is 6.52. The summed E-state index contributed by atoms with van der Waals surface area (Å²) < 4.78 is 4.94. The first-order chi connectivity index (χ1) is 11.0. The SMILES string of the molecule is COCC(C)(NC(=O)C1CCC(c2ccccc2)CC1)C(=O)O. The topological polar surface area (TPSA) is 75.6 Å². The number of aliphatic carboxylic acids is 1. The van der Waals surface area contributed by atoms with Crippen LogP contribution < -0.4 is 5.32 Å². The highest BCUT2D eigenvalue weighted by Crippen LogP contribution is 2.35. The third-order valence-corrected chi connectivity index (χ3v) is 4.67. The van der Waals surface area contributed by atoms with Crippen molar-refractivity contribution in [3.05, 3.63) is 35.9 Å². The average molecular weight is 319 g/mol. The zero-order valence-corrected chi connectivity index (χ0v) is 13.7. The van der Waals surface area contributed by atoms with Gasteiger partial charge in [-0.25, -0.2) is 4.79 Å². The van der Waals surface area contributed by atoms with E-state index in [9.17, 15) is 14.7 Å². The second kappa shape index (κ2) is 7.59. The number of nitrogens with one attached hydrogen (secondary N) is 1. The summed E-state index contributed by atoms with van der Waals surface area (Å²) in [6, 6.07) is 10.3. The van der Waals surface area contributed by atoms with Crippen LogP contribution in [-0.4, -0.2) is 36.2 Å². The summed E-state index contributed by atoms with van der Waals surface area (Å²) in [6.45, 7) is 1.43. The maximum Gasteiger partial charge on any atom is 0.331 e. The predicted octanol–water partition coefficient (Wildman–Crippen LogP) is 2.57. The molecule has 1 amide bonds. The predicted molar refractivity (Wildman–Crippen MR) is 87.2 cm³/mol. The van der Waals surface area contributed by atoms with Crippen LogP contribution >= 0.6 is 0 Å². The molecule has 0 radical (unpaired) electrons. The fraction of sp³-hybridized carbons (Fsp3) is 0.556. The van der Waals surface area contributed by atoms with Crippen molar-refractivity contribution in [1.82, 2.24) is 5.32 Å². The highest BCUT2D eigenvalue weighted by Gasteiger charge is 2.37. The van der Waals surface area contributed by atoms with E-state index in [-0.39, 0.29) is 18.4 Å². The van der Waals surface area contributed by atoms with E-state index in [2.05, 4.69) is 17.4 Å². The van der Waals surface area contributed by atoms with Crippen molar-refractivity contribution in [2.24, 2.45) is 5.92 Å². The van der Waals surface area contributed by atoms with E-state index >= 15 is 0 Å². The molecule has 0 spiro atoms. The van der Waals surface area contributed by atoms with Crippen LogP contribution in [0.3, 0.4) is 0 Å². The van der Waals surface area contributed by atoms with Gasteiger partial charge in [-0.1, -0.05) is 30.3 Å². The fourth-order valence-corrected chi connectivity index (χ4v) is 3.23. The third kappa shape index (κ3) is 4.32. The number of amides is 1. The van der Waals surface area contributed by atoms with Crippen LogP contribution in [0.2, 0.25) is 0 Å². The van der Waals surface area contributed by atoms with Crippen LogP contribution in [0.15, 0.2) is 30.3 Å². The van der Waals surface area contributed by atoms with Crippen LogP contribution in [0, 0.1) is 5.92 Å². The van der Waals surface area contributed by atoms with Crippen molar-refractivity contribution in [1.29, 1.82) is 0 Å². The Kier molecular flexibility index (Phi) is 5.77. The van der Waals surface area contributed by atoms with E-state index in [0.29, 0.717) is 5.92 Å². The highest BCUT2D eigenvalue weighted by molar-refractivity contribution is 5.88. The maximum atomic E-state index is 12.4. The number of benzene rings is 1. The Balaban J connectivity index is 1.92. The van der Waals surface area contributed by atoms with Gasteiger partial charge in [0.15, 0.2) is 5.54 Å². The molecule has 1 aromatic carbocycles. The standard InChI is InChI=1S/C18H25NO4/c1-18(12-23-2,17(21)22)19-16(20)15-10-8-14(9-11-15)13-6-4-3-5-7-13/h3-7,14-15H,8-12H2,1-2H3,(H,19,20)(H,21,22). The first kappa shape index (κ1) is 17.5. The zero-order chi connectivity index (χ0) is 16.9. The van der Waals surface area contributed by atoms with E-state index in [1.165, 1.54) is 19.6 Å². The first-order valence-corrected chi connectivity index (χ1v) is 8.05. The van der Waals surface area contributed by atoms with E-state index < -0.39 is 11.5 Å². The summed E-state index contributed by atoms with van der Waals surface area (Å²) >= 11 is 0. The molecule has 23 heavy (non-hydrogen) atoms. The van der Waals surface area contributed by atoms with Crippen LogP contribution in [0.4, 0.5) is 0 Å². The van der Waals surface area contributed by atoms with Gasteiger partial charge < -0.3 is 15.2 Å². The van der Waals surface area contributed by atoms with Gasteiger partial charge in [-0.2, -0.15) is 0 Å². The largest absolute Gasteiger partial charge is 0.479 e. The summed E-state index contributed by atoms with van der Waals surface area (Å²) in [6.07, 6.45) is 3.48. The normalized spacial score (nSPS) is 23.7. The summed E-state index contributed by atoms with van der Waals surface area (Å²) in [5, 5.41) is 12.0. The average Bonchev–Trinajstić information content (AvgIpc) is 2.56. The molecule has 0 aromatic heterocycles. The molecule has 1 saturated carbocycles. The molecule has 126 valence electrons. The summed E-state index contributed by atoms with van der Waals surface area (Å²) in [4.78, 5) is 23.8. The Bertz CT molecular complexity index is 537. The van der Waals surface area contributed by atoms with Crippen molar-refractivity contribution in [3.8, 4) is 0 Å². The molecule has 0 saturated heterocycles. The minimum absolute atomic E-state index is 0.0482. The van der Waals surface area contributed by atoms with Crippen molar-refractivity contribution in [3.63, 3.8) is 0 Å². The van der Waals surface area contributed by atoms with Gasteiger partial charge in [0.05, 0.1) is 6.61 Å². The lowest BCUT2D eigenvalue weighted by Crippen LogP contribution is -2.56. The number of carbonyl (C=O) groups is 2. The van der Waals surface area contributed by atoms with Crippen molar-refractivity contribution in [2.75, 3.05) is 13.7 Å². The number of carboxylic acids is 1. The van der Waals surface area contributed by atoms with Gasteiger partial charge in [-0.3, -0.25) is 4.79 Å². The number of rotatable bonds is 6. The zero-order valence-electron chi connectivity index (χ0n) is 13.7. The summed E-state index contributed by atoms with van der Waals surface area (Å²) in [7, 11) is 1.43. The molecule has 1 aromatic rings. The number of methoxy groups -OCH3 is 1. The molecule has 1 aliphatic carbocycles. The van der Waals surface area contributed by atoms with E-state index in [0.717, 1.165) is 25.7 Å². The number of ether oxygens (including phenoxy) is 1. The highest BCUT2D eigenvalue weighted by atomic mass is 16.5. The third-order valence-electron chi connectivity index (χ3n) is 4.67. The smallest absolute Gasteiger partial charge is 0.331 e. The summed E-state index contributed by atoms with van der Waals surface area (Å²) in [5.41, 5.74) is -0.0524. The minimum atomic E-state index is -1.37. The molecule has 1 unspecified atom stereocenters. The molecular weight excluding hydrogens is 294 g/mol. The molecule has 2 N–H and O–H groups in total. The van der Waals surface area contributed by atoms with Gasteiger partial charge in [-0.15, -0.1) is 0 Å². The van der Waals surface area contributed by atoms with Crippen molar-refractivity contribution in [2.45, 2.75) is 44.1 Å². The molecule has 0 heterocycles. The Morgan fingerprint density at radius 3 is 2.35 bits per heavy atom. The molecule has 1 atom stereocenters. The summed E-state index contributed by atoms with van der Waals surface area (Å²) in [5.74, 6) is -0.889. The van der Waals surface area contributed by atoms with E-state index in [4.69, 9.17) is 4.74 Å². The van der Waals surface area contributed by atoms with Crippen LogP contribution in [0.1, 0.15) is 44.1 Å². The number of carboxylic acid groups (broad SMARTS) is 1. The molecule has 5 heteroatoms. The minimum Gasteiger partial charge on any atom is -0.479 e. The molecular formula is C18H25NO4. The van der Waals surface area contributed by atoms with E-state index in [1.54, 1.807) is 0 Å². The van der Waals surface area contributed by atoms with Crippen molar-refractivity contribution < 1.29 is 19.4 Å². The molecule has 5 nitrogen and oxygen atoms in total. The van der Waals surface area contributed by atoms with E-state index in [1.807, 2.05) is 18.2 Å². The fourth-order valence-electron chi connectivity index (χ4n) is 3.23. The Morgan fingerprint density at radius 1 is 1.22 bits per heavy atom. The molecule has 2 rings (SSSR count). The van der Waals surface area contributed by atoms with Crippen LogP contribution in [0.25, 0.3) is 0 Å². The van der Waals surface area contributed by atoms with Gasteiger partial charge in [0.25, 0.3) is 0 Å². The first-order valence-electron chi connectivity index (χ1n) is 8.05. The molecule has 0 bridgehead atoms. The van der Waals surface area contributed by atoms with Gasteiger partial charge in [-0.05, 0) is 44.1 Å². The number of carbonyl (C=O) groups excluding carboxylic acids is 1. The van der Waals surface area contributed by atoms with Gasteiger partial charge in [0.1, 0.15) is 0 Å². The Morgan fingerprint density at radius 2 is 1.83 bits per heavy atom. The number of hydrogen-bond donors (Lipinski definition) is 2. The lowest BCUT2D eigenvalue weighted by Gasteiger charge is -2.31. The quantitative estimate of drug-likeness (QED) is 0.845. The maximum absolute atomic E-state index is 12.4. The molecule has 1 fully saturated rings. The van der Waals surface area contributed by atoms with Gasteiger partial charge in [0.2, 0.25) is 5.91 Å². The molecule has 0 aliphatic heterocycles. The van der Waals surface area contributed by atoms with Gasteiger partial charge in [0, 0.05) is 13.0 Å². The van der Waals surface area contributed by atoms with Crippen LogP contribution in [-0.2, 0) is 14.3 Å². The second-order valence-corrected chi connectivity index (χ2v) is 6.52. The lowest BCUT2D eigenvalue weighted by molar-refractivity contribution is -0.150. The molecule has 1 aliphatic rings. The Hall–Kier alpha value is -1.88. The number of hydrogen-bond acceptors (Lipinski definition) is 3. The van der Waals surface area contributed by atoms with Gasteiger partial charge >= 0.3 is 5.97 Å².